The van der Waals surface area contributed by atoms with E-state index < -0.39 is 17.3 Å². The predicted molar refractivity (Wildman–Crippen MR) is 136 cm³/mol. The largest absolute Gasteiger partial charge is 0.393 e. The minimum Gasteiger partial charge on any atom is -0.393 e. The fraction of sp³-hybridized carbons (Fsp3) is 0.900. The molecule has 0 spiro atoms. The molecule has 4 rings (SSSR count). The third-order valence-electron chi connectivity index (χ3n) is 12.0. The number of rotatable bonds is 4. The van der Waals surface area contributed by atoms with Gasteiger partial charge in [0.15, 0.2) is 0 Å². The standard InChI is InChI=1S/C30H50O4/c1-25(2,33)13-9-14-30(8,34)19-10-16-29(7)24(19)20(31)18-22-27(5)15-12-23(32)26(3,4)21(27)11-17-28(22,29)6/h9,13,19-22,24,31,33-34H,10-12,14-18H2,1-8H3/b13-9+/t19-,20?,21-,22+,24-,27-,28+,29+,30-/m0/s1. The second kappa shape index (κ2) is 7.89. The number of carbonyl (C=O) groups excluding carboxylic acids is 1. The maximum atomic E-state index is 12.9. The van der Waals surface area contributed by atoms with Crippen molar-refractivity contribution in [1.82, 2.24) is 0 Å². The van der Waals surface area contributed by atoms with Crippen LogP contribution >= 0.6 is 0 Å². The summed E-state index contributed by atoms with van der Waals surface area (Å²) in [5.41, 5.74) is -1.99. The van der Waals surface area contributed by atoms with Gasteiger partial charge in [-0.05, 0) is 106 Å². The minimum absolute atomic E-state index is 0.0339. The van der Waals surface area contributed by atoms with E-state index in [1.807, 2.05) is 13.0 Å². The van der Waals surface area contributed by atoms with E-state index in [0.29, 0.717) is 30.5 Å². The summed E-state index contributed by atoms with van der Waals surface area (Å²) < 4.78 is 0. The molecule has 4 aliphatic carbocycles. The molecule has 0 amide bonds. The first-order valence-electron chi connectivity index (χ1n) is 13.7. The molecule has 194 valence electrons. The van der Waals surface area contributed by atoms with Crippen molar-refractivity contribution < 1.29 is 20.1 Å². The minimum atomic E-state index is -0.922. The maximum absolute atomic E-state index is 12.9. The first kappa shape index (κ1) is 26.4. The first-order chi connectivity index (χ1) is 15.4. The third kappa shape index (κ3) is 3.68. The number of ketones is 1. The Kier molecular flexibility index (Phi) is 6.12. The van der Waals surface area contributed by atoms with Crippen molar-refractivity contribution >= 4 is 5.78 Å². The van der Waals surface area contributed by atoms with Crippen LogP contribution in [0.25, 0.3) is 0 Å². The number of Topliss-reactive ketones (excluding diaryl/α,β-unsaturated/α-hetero) is 1. The molecule has 9 atom stereocenters. The van der Waals surface area contributed by atoms with Gasteiger partial charge < -0.3 is 15.3 Å². The summed E-state index contributed by atoms with van der Waals surface area (Å²) in [6.07, 6.45) is 10.2. The van der Waals surface area contributed by atoms with Crippen molar-refractivity contribution in [2.75, 3.05) is 0 Å². The summed E-state index contributed by atoms with van der Waals surface area (Å²) in [6, 6.07) is 0. The molecule has 3 N–H and O–H groups in total. The zero-order chi connectivity index (χ0) is 25.5. The predicted octanol–water partition coefficient (Wildman–Crippen LogP) is 5.68. The fourth-order valence-electron chi connectivity index (χ4n) is 9.99. The number of carbonyl (C=O) groups is 1. The van der Waals surface area contributed by atoms with Crippen molar-refractivity contribution in [3.63, 3.8) is 0 Å². The lowest BCUT2D eigenvalue weighted by molar-refractivity contribution is -0.232. The highest BCUT2D eigenvalue weighted by molar-refractivity contribution is 5.85. The van der Waals surface area contributed by atoms with Crippen LogP contribution in [0.5, 0.6) is 0 Å². The van der Waals surface area contributed by atoms with Gasteiger partial charge >= 0.3 is 0 Å². The fourth-order valence-corrected chi connectivity index (χ4v) is 9.99. The molecule has 0 aromatic heterocycles. The van der Waals surface area contributed by atoms with Gasteiger partial charge in [0.05, 0.1) is 17.3 Å². The molecule has 0 heterocycles. The van der Waals surface area contributed by atoms with E-state index in [2.05, 4.69) is 34.6 Å². The van der Waals surface area contributed by atoms with Crippen molar-refractivity contribution in [3.05, 3.63) is 12.2 Å². The average molecular weight is 475 g/mol. The van der Waals surface area contributed by atoms with Gasteiger partial charge in [-0.15, -0.1) is 0 Å². The van der Waals surface area contributed by atoms with E-state index in [9.17, 15) is 20.1 Å². The Bertz CT molecular complexity index is 850. The zero-order valence-electron chi connectivity index (χ0n) is 22.9. The molecule has 0 aromatic rings. The molecule has 34 heavy (non-hydrogen) atoms. The molecule has 4 nitrogen and oxygen atoms in total. The number of hydrogen-bond acceptors (Lipinski definition) is 4. The Morgan fingerprint density at radius 3 is 2.18 bits per heavy atom. The molecule has 1 unspecified atom stereocenters. The maximum Gasteiger partial charge on any atom is 0.138 e. The van der Waals surface area contributed by atoms with E-state index in [-0.39, 0.29) is 33.5 Å². The number of hydrogen-bond donors (Lipinski definition) is 3. The molecule has 4 aliphatic rings. The molecule has 4 saturated carbocycles. The van der Waals surface area contributed by atoms with Gasteiger partial charge in [0.25, 0.3) is 0 Å². The third-order valence-corrected chi connectivity index (χ3v) is 12.0. The van der Waals surface area contributed by atoms with E-state index in [4.69, 9.17) is 0 Å². The van der Waals surface area contributed by atoms with E-state index in [1.165, 1.54) is 0 Å². The molecule has 0 aromatic carbocycles. The molecule has 0 saturated heterocycles. The van der Waals surface area contributed by atoms with Crippen LogP contribution in [-0.4, -0.2) is 38.4 Å². The molecule has 4 heteroatoms. The van der Waals surface area contributed by atoms with Gasteiger partial charge in [-0.25, -0.2) is 0 Å². The van der Waals surface area contributed by atoms with Gasteiger partial charge in [-0.3, -0.25) is 4.79 Å². The Morgan fingerprint density at radius 1 is 0.941 bits per heavy atom. The quantitative estimate of drug-likeness (QED) is 0.458. The second-order valence-electron chi connectivity index (χ2n) is 14.7. The topological polar surface area (TPSA) is 77.8 Å². The molecule has 4 fully saturated rings. The van der Waals surface area contributed by atoms with Crippen LogP contribution in [0, 0.1) is 45.3 Å². The second-order valence-corrected chi connectivity index (χ2v) is 14.7. The summed E-state index contributed by atoms with van der Waals surface area (Å²) in [6.45, 7) is 17.0. The summed E-state index contributed by atoms with van der Waals surface area (Å²) in [4.78, 5) is 12.9. The summed E-state index contributed by atoms with van der Waals surface area (Å²) >= 11 is 0. The Balaban J connectivity index is 1.66. The highest BCUT2D eigenvalue weighted by Crippen LogP contribution is 2.75. The molecular formula is C30H50O4. The Labute approximate surface area is 207 Å². The number of aliphatic hydroxyl groups excluding tert-OH is 1. The summed E-state index contributed by atoms with van der Waals surface area (Å²) in [5.74, 6) is 1.28. The average Bonchev–Trinajstić information content (AvgIpc) is 3.07. The zero-order valence-corrected chi connectivity index (χ0v) is 22.9. The van der Waals surface area contributed by atoms with E-state index >= 15 is 0 Å². The highest BCUT2D eigenvalue weighted by Gasteiger charge is 2.71. The number of fused-ring (bicyclic) bond motifs is 5. The van der Waals surface area contributed by atoms with Gasteiger partial charge in [0, 0.05) is 11.8 Å². The van der Waals surface area contributed by atoms with Gasteiger partial charge in [0.1, 0.15) is 5.78 Å². The van der Waals surface area contributed by atoms with E-state index in [1.54, 1.807) is 19.9 Å². The van der Waals surface area contributed by atoms with Crippen molar-refractivity contribution in [2.45, 2.75) is 124 Å². The van der Waals surface area contributed by atoms with Crippen molar-refractivity contribution in [3.8, 4) is 0 Å². The lowest BCUT2D eigenvalue weighted by atomic mass is 9.35. The Hall–Kier alpha value is -0.710. The Morgan fingerprint density at radius 2 is 1.56 bits per heavy atom. The summed E-state index contributed by atoms with van der Waals surface area (Å²) in [5, 5.41) is 33.4. The van der Waals surface area contributed by atoms with Gasteiger partial charge in [-0.2, -0.15) is 0 Å². The molecule has 0 aliphatic heterocycles. The lowest BCUT2D eigenvalue weighted by Crippen LogP contribution is -2.66. The monoisotopic (exact) mass is 474 g/mol. The van der Waals surface area contributed by atoms with Crippen LogP contribution in [0.1, 0.15) is 107 Å². The van der Waals surface area contributed by atoms with Gasteiger partial charge in [-0.1, -0.05) is 46.8 Å². The first-order valence-corrected chi connectivity index (χ1v) is 13.7. The smallest absolute Gasteiger partial charge is 0.138 e. The van der Waals surface area contributed by atoms with E-state index in [0.717, 1.165) is 38.5 Å². The molecular weight excluding hydrogens is 424 g/mol. The van der Waals surface area contributed by atoms with Crippen LogP contribution in [0.15, 0.2) is 12.2 Å². The number of aliphatic hydroxyl groups is 3. The van der Waals surface area contributed by atoms with Crippen LogP contribution < -0.4 is 0 Å². The van der Waals surface area contributed by atoms with Crippen LogP contribution in [0.2, 0.25) is 0 Å². The highest BCUT2D eigenvalue weighted by atomic mass is 16.3. The van der Waals surface area contributed by atoms with Crippen LogP contribution in [-0.2, 0) is 4.79 Å². The van der Waals surface area contributed by atoms with Crippen LogP contribution in [0.3, 0.4) is 0 Å². The van der Waals surface area contributed by atoms with Crippen molar-refractivity contribution in [2.24, 2.45) is 45.3 Å². The van der Waals surface area contributed by atoms with Gasteiger partial charge in [0.2, 0.25) is 0 Å². The normalized spacial score (nSPS) is 48.2. The summed E-state index contributed by atoms with van der Waals surface area (Å²) in [7, 11) is 0. The van der Waals surface area contributed by atoms with Crippen molar-refractivity contribution in [1.29, 1.82) is 0 Å². The SMILES string of the molecule is CC(C)(O)/C=C/C[C@](C)(O)[C@H]1CC[C@]2(C)[C@@H]1C(O)C[C@@H]1[C@@]3(C)CCC(=O)C(C)(C)[C@@H]3CC[C@]12C. The van der Waals surface area contributed by atoms with Crippen LogP contribution in [0.4, 0.5) is 0 Å². The lowest BCUT2D eigenvalue weighted by Gasteiger charge is -2.69. The molecule has 0 radical (unpaired) electrons. The molecule has 0 bridgehead atoms.